The number of nitrogens with zero attached hydrogens (tertiary/aromatic N) is 2. The van der Waals surface area contributed by atoms with Gasteiger partial charge in [0, 0.05) is 45.0 Å². The molecule has 1 aliphatic heterocycles. The van der Waals surface area contributed by atoms with E-state index in [0.717, 1.165) is 32.7 Å². The van der Waals surface area contributed by atoms with Crippen molar-refractivity contribution in [2.45, 2.75) is 20.8 Å². The molecule has 3 nitrogen and oxygen atoms in total. The summed E-state index contributed by atoms with van der Waals surface area (Å²) in [6.45, 7) is 12.2. The smallest absolute Gasteiger partial charge is 0.0468 e. The Hall–Kier alpha value is -1.06. The highest BCUT2D eigenvalue weighted by atomic mass is 16.3. The van der Waals surface area contributed by atoms with Crippen LogP contribution in [0.5, 0.6) is 0 Å². The molecule has 0 bridgehead atoms. The molecule has 0 spiro atoms. The monoisotopic (exact) mass is 262 g/mol. The molecule has 1 fully saturated rings. The van der Waals surface area contributed by atoms with Crippen LogP contribution in [0.3, 0.4) is 0 Å². The van der Waals surface area contributed by atoms with Gasteiger partial charge in [-0.3, -0.25) is 4.90 Å². The van der Waals surface area contributed by atoms with Crippen molar-refractivity contribution >= 4 is 5.69 Å². The second kappa shape index (κ2) is 6.40. The molecule has 1 aromatic carbocycles. The molecule has 1 N–H and O–H groups in total. The summed E-state index contributed by atoms with van der Waals surface area (Å²) >= 11 is 0. The van der Waals surface area contributed by atoms with Gasteiger partial charge in [0.25, 0.3) is 0 Å². The van der Waals surface area contributed by atoms with Gasteiger partial charge in [-0.1, -0.05) is 19.1 Å². The van der Waals surface area contributed by atoms with Crippen LogP contribution >= 0.6 is 0 Å². The lowest BCUT2D eigenvalue weighted by Gasteiger charge is -2.37. The van der Waals surface area contributed by atoms with Crippen LogP contribution in [0.15, 0.2) is 18.2 Å². The zero-order valence-electron chi connectivity index (χ0n) is 12.4. The molecule has 2 rings (SSSR count). The van der Waals surface area contributed by atoms with E-state index >= 15 is 0 Å². The van der Waals surface area contributed by atoms with E-state index in [1.807, 2.05) is 0 Å². The van der Waals surface area contributed by atoms with Gasteiger partial charge in [0.1, 0.15) is 0 Å². The van der Waals surface area contributed by atoms with Gasteiger partial charge in [0.2, 0.25) is 0 Å². The second-order valence-corrected chi connectivity index (χ2v) is 5.79. The van der Waals surface area contributed by atoms with E-state index in [1.54, 1.807) is 0 Å². The first-order valence-electron chi connectivity index (χ1n) is 7.26. The van der Waals surface area contributed by atoms with Gasteiger partial charge in [0.15, 0.2) is 0 Å². The number of piperazine rings is 1. The average Bonchev–Trinajstić information content (AvgIpc) is 2.43. The molecule has 0 saturated carbocycles. The molecule has 1 unspecified atom stereocenters. The first-order valence-corrected chi connectivity index (χ1v) is 7.26. The second-order valence-electron chi connectivity index (χ2n) is 5.79. The maximum absolute atomic E-state index is 9.13. The Labute approximate surface area is 116 Å². The Morgan fingerprint density at radius 2 is 1.84 bits per heavy atom. The molecule has 19 heavy (non-hydrogen) atoms. The summed E-state index contributed by atoms with van der Waals surface area (Å²) in [5.74, 6) is 0.382. The fourth-order valence-electron chi connectivity index (χ4n) is 2.75. The molecule has 1 atom stereocenters. The van der Waals surface area contributed by atoms with Gasteiger partial charge in [-0.25, -0.2) is 0 Å². The SMILES string of the molecule is Cc1cccc(N2CCN(CC(C)CO)CC2)c1C. The zero-order valence-corrected chi connectivity index (χ0v) is 12.4. The van der Waals surface area contributed by atoms with Crippen LogP contribution in [0, 0.1) is 19.8 Å². The van der Waals surface area contributed by atoms with Crippen LogP contribution in [0.2, 0.25) is 0 Å². The third-order valence-electron chi connectivity index (χ3n) is 4.17. The van der Waals surface area contributed by atoms with Gasteiger partial charge in [-0.2, -0.15) is 0 Å². The Morgan fingerprint density at radius 1 is 1.16 bits per heavy atom. The molecule has 0 amide bonds. The summed E-state index contributed by atoms with van der Waals surface area (Å²) < 4.78 is 0. The van der Waals surface area contributed by atoms with Crippen molar-refractivity contribution in [3.05, 3.63) is 29.3 Å². The molecule has 3 heteroatoms. The summed E-state index contributed by atoms with van der Waals surface area (Å²) in [6.07, 6.45) is 0. The third kappa shape index (κ3) is 3.48. The number of aryl methyl sites for hydroxylation is 1. The summed E-state index contributed by atoms with van der Waals surface area (Å²) in [7, 11) is 0. The minimum absolute atomic E-state index is 0.289. The van der Waals surface area contributed by atoms with Crippen LogP contribution in [0.1, 0.15) is 18.1 Å². The maximum atomic E-state index is 9.13. The van der Waals surface area contributed by atoms with Crippen molar-refractivity contribution in [2.75, 3.05) is 44.2 Å². The van der Waals surface area contributed by atoms with E-state index in [2.05, 4.69) is 48.8 Å². The molecular formula is C16H26N2O. The van der Waals surface area contributed by atoms with Gasteiger partial charge in [-0.05, 0) is 37.0 Å². The molecule has 1 heterocycles. The topological polar surface area (TPSA) is 26.7 Å². The molecule has 1 saturated heterocycles. The summed E-state index contributed by atoms with van der Waals surface area (Å²) in [5, 5.41) is 9.13. The normalized spacial score (nSPS) is 18.6. The van der Waals surface area contributed by atoms with E-state index in [4.69, 9.17) is 5.11 Å². The zero-order chi connectivity index (χ0) is 13.8. The predicted molar refractivity (Wildman–Crippen MR) is 80.8 cm³/mol. The highest BCUT2D eigenvalue weighted by Crippen LogP contribution is 2.23. The number of benzene rings is 1. The summed E-state index contributed by atoms with van der Waals surface area (Å²) in [6, 6.07) is 6.56. The molecule has 0 aliphatic carbocycles. The van der Waals surface area contributed by atoms with Crippen LogP contribution in [0.25, 0.3) is 0 Å². The highest BCUT2D eigenvalue weighted by molar-refractivity contribution is 5.56. The van der Waals surface area contributed by atoms with Gasteiger partial charge in [0.05, 0.1) is 0 Å². The number of aliphatic hydroxyl groups excluding tert-OH is 1. The minimum Gasteiger partial charge on any atom is -0.396 e. The van der Waals surface area contributed by atoms with Crippen molar-refractivity contribution in [1.82, 2.24) is 4.90 Å². The number of hydrogen-bond acceptors (Lipinski definition) is 3. The highest BCUT2D eigenvalue weighted by Gasteiger charge is 2.19. The van der Waals surface area contributed by atoms with E-state index in [0.29, 0.717) is 5.92 Å². The molecule has 106 valence electrons. The van der Waals surface area contributed by atoms with E-state index in [-0.39, 0.29) is 6.61 Å². The van der Waals surface area contributed by atoms with Gasteiger partial charge < -0.3 is 10.0 Å². The number of anilines is 1. The largest absolute Gasteiger partial charge is 0.396 e. The Kier molecular flexibility index (Phi) is 4.83. The molecular weight excluding hydrogens is 236 g/mol. The van der Waals surface area contributed by atoms with Crippen LogP contribution in [-0.2, 0) is 0 Å². The van der Waals surface area contributed by atoms with Crippen molar-refractivity contribution in [3.8, 4) is 0 Å². The maximum Gasteiger partial charge on any atom is 0.0468 e. The summed E-state index contributed by atoms with van der Waals surface area (Å²) in [4.78, 5) is 4.95. The molecule has 1 aliphatic rings. The lowest BCUT2D eigenvalue weighted by molar-refractivity contribution is 0.167. The molecule has 0 radical (unpaired) electrons. The standard InChI is InChI=1S/C16H26N2O/c1-13(12-19)11-17-7-9-18(10-8-17)16-6-4-5-14(2)15(16)3/h4-6,13,19H,7-12H2,1-3H3. The predicted octanol–water partition coefficient (Wildman–Crippen LogP) is 2.05. The first-order chi connectivity index (χ1) is 9.11. The minimum atomic E-state index is 0.289. The Morgan fingerprint density at radius 3 is 2.47 bits per heavy atom. The van der Waals surface area contributed by atoms with Crippen LogP contribution in [0.4, 0.5) is 5.69 Å². The number of rotatable bonds is 4. The Balaban J connectivity index is 1.94. The average molecular weight is 262 g/mol. The van der Waals surface area contributed by atoms with Crippen molar-refractivity contribution in [1.29, 1.82) is 0 Å². The van der Waals surface area contributed by atoms with E-state index in [9.17, 15) is 0 Å². The van der Waals surface area contributed by atoms with E-state index in [1.165, 1.54) is 16.8 Å². The first kappa shape index (κ1) is 14.4. The van der Waals surface area contributed by atoms with Crippen LogP contribution in [-0.4, -0.2) is 49.3 Å². The third-order valence-corrected chi connectivity index (χ3v) is 4.17. The van der Waals surface area contributed by atoms with Gasteiger partial charge in [-0.15, -0.1) is 0 Å². The molecule has 0 aromatic heterocycles. The fourth-order valence-corrected chi connectivity index (χ4v) is 2.75. The lowest BCUT2D eigenvalue weighted by Crippen LogP contribution is -2.48. The Bertz CT molecular complexity index is 411. The number of aliphatic hydroxyl groups is 1. The van der Waals surface area contributed by atoms with Crippen LogP contribution < -0.4 is 4.90 Å². The van der Waals surface area contributed by atoms with E-state index < -0.39 is 0 Å². The van der Waals surface area contributed by atoms with Crippen molar-refractivity contribution < 1.29 is 5.11 Å². The van der Waals surface area contributed by atoms with Crippen molar-refractivity contribution in [3.63, 3.8) is 0 Å². The lowest BCUT2D eigenvalue weighted by atomic mass is 10.1. The number of hydrogen-bond donors (Lipinski definition) is 1. The fraction of sp³-hybridized carbons (Fsp3) is 0.625. The van der Waals surface area contributed by atoms with Crippen molar-refractivity contribution in [2.24, 2.45) is 5.92 Å². The summed E-state index contributed by atoms with van der Waals surface area (Å²) in [5.41, 5.74) is 4.16. The molecule has 1 aromatic rings. The quantitative estimate of drug-likeness (QED) is 0.899. The van der Waals surface area contributed by atoms with Gasteiger partial charge >= 0.3 is 0 Å².